The number of thiol groups is 1. The van der Waals surface area contributed by atoms with Crippen LogP contribution in [0, 0.1) is 0 Å². The molecule has 0 spiro atoms. The molecule has 0 N–H and O–H groups in total. The third kappa shape index (κ3) is 1.51. The van der Waals surface area contributed by atoms with Crippen LogP contribution in [-0.2, 0) is 0 Å². The molecule has 0 aliphatic heterocycles. The molecule has 11 heavy (non-hydrogen) atoms. The topological polar surface area (TPSA) is 30.2 Å². The fourth-order valence-electron chi connectivity index (χ4n) is 0.738. The van der Waals surface area contributed by atoms with Crippen LogP contribution in [-0.4, -0.2) is 15.2 Å². The van der Waals surface area contributed by atoms with Crippen molar-refractivity contribution in [2.75, 3.05) is 0 Å². The maximum atomic E-state index is 4.10. The average molecular weight is 167 g/mol. The van der Waals surface area contributed by atoms with Gasteiger partial charge in [-0.2, -0.15) is 0 Å². The van der Waals surface area contributed by atoms with E-state index in [1.54, 1.807) is 22.6 Å². The minimum absolute atomic E-state index is 0.714. The van der Waals surface area contributed by atoms with Crippen molar-refractivity contribution >= 4 is 30.9 Å². The lowest BCUT2D eigenvalue weighted by Crippen LogP contribution is -1.76. The summed E-state index contributed by atoms with van der Waals surface area (Å²) >= 11 is 4.10. The first-order valence-electron chi connectivity index (χ1n) is 3.17. The van der Waals surface area contributed by atoms with E-state index < -0.39 is 0 Å². The fourth-order valence-corrected chi connectivity index (χ4v) is 0.944. The number of hydrogen-bond donors (Lipinski definition) is 1. The predicted molar refractivity (Wildman–Crippen MR) is 50.5 cm³/mol. The summed E-state index contributed by atoms with van der Waals surface area (Å²) in [6.45, 7) is 5.44. The standard InChI is InChI=1S/C7H9N3S/c1-3-6-7(8-4-2)10(11)5-9-6/h3-5,11H,1H2,2H3. The molecule has 0 saturated heterocycles. The van der Waals surface area contributed by atoms with Crippen LogP contribution in [0.25, 0.3) is 6.08 Å². The lowest BCUT2D eigenvalue weighted by Gasteiger charge is -1.92. The Labute approximate surface area is 71.0 Å². The van der Waals surface area contributed by atoms with Crippen LogP contribution in [0.3, 0.4) is 0 Å². The van der Waals surface area contributed by atoms with E-state index in [0.29, 0.717) is 5.82 Å². The number of nitrogens with zero attached hydrogens (tertiary/aromatic N) is 3. The highest BCUT2D eigenvalue weighted by Gasteiger charge is 2.02. The summed E-state index contributed by atoms with van der Waals surface area (Å²) in [6, 6.07) is 0. The van der Waals surface area contributed by atoms with Crippen molar-refractivity contribution in [1.82, 2.24) is 8.96 Å². The Kier molecular flexibility index (Phi) is 2.48. The molecule has 0 fully saturated rings. The molecule has 0 aliphatic carbocycles. The van der Waals surface area contributed by atoms with Gasteiger partial charge in [-0.15, -0.1) is 0 Å². The normalized spacial score (nSPS) is 10.7. The predicted octanol–water partition coefficient (Wildman–Crippen LogP) is 1.94. The fraction of sp³-hybridized carbons (Fsp3) is 0.143. The zero-order valence-corrected chi connectivity index (χ0v) is 7.12. The lowest BCUT2D eigenvalue weighted by molar-refractivity contribution is 1.23. The molecule has 0 radical (unpaired) electrons. The Morgan fingerprint density at radius 1 is 1.82 bits per heavy atom. The minimum atomic E-state index is 0.714. The van der Waals surface area contributed by atoms with Crippen LogP contribution in [0.2, 0.25) is 0 Å². The first-order valence-corrected chi connectivity index (χ1v) is 3.57. The molecule has 0 aromatic carbocycles. The van der Waals surface area contributed by atoms with Gasteiger partial charge in [0.15, 0.2) is 5.82 Å². The number of aromatic nitrogens is 2. The van der Waals surface area contributed by atoms with E-state index in [9.17, 15) is 0 Å². The molecule has 1 heterocycles. The Balaban J connectivity index is 3.17. The second-order valence-electron chi connectivity index (χ2n) is 1.89. The zero-order valence-electron chi connectivity index (χ0n) is 6.23. The molecule has 4 heteroatoms. The van der Waals surface area contributed by atoms with Gasteiger partial charge in [0.1, 0.15) is 12.0 Å². The van der Waals surface area contributed by atoms with Gasteiger partial charge in [0.05, 0.1) is 0 Å². The van der Waals surface area contributed by atoms with E-state index in [0.717, 1.165) is 5.69 Å². The SMILES string of the molecule is C=Cc1ncn(S)c1N=CC. The van der Waals surface area contributed by atoms with E-state index in [1.165, 1.54) is 0 Å². The summed E-state index contributed by atoms with van der Waals surface area (Å²) in [7, 11) is 0. The van der Waals surface area contributed by atoms with E-state index in [-0.39, 0.29) is 0 Å². The molecule has 3 nitrogen and oxygen atoms in total. The first-order chi connectivity index (χ1) is 5.29. The summed E-state index contributed by atoms with van der Waals surface area (Å²) < 4.78 is 1.55. The molecule has 1 aromatic rings. The maximum Gasteiger partial charge on any atom is 0.169 e. The van der Waals surface area contributed by atoms with Crippen LogP contribution < -0.4 is 0 Å². The van der Waals surface area contributed by atoms with Crippen molar-refractivity contribution < 1.29 is 0 Å². The molecule has 1 rings (SSSR count). The first kappa shape index (κ1) is 8.07. The third-order valence-corrected chi connectivity index (χ3v) is 1.49. The summed E-state index contributed by atoms with van der Waals surface area (Å²) in [5, 5.41) is 0. The van der Waals surface area contributed by atoms with E-state index in [1.807, 2.05) is 6.92 Å². The summed E-state index contributed by atoms with van der Waals surface area (Å²) in [6.07, 6.45) is 4.92. The van der Waals surface area contributed by atoms with Crippen LogP contribution in [0.5, 0.6) is 0 Å². The molecule has 0 aliphatic rings. The van der Waals surface area contributed by atoms with Crippen LogP contribution >= 0.6 is 12.8 Å². The highest BCUT2D eigenvalue weighted by Crippen LogP contribution is 2.19. The van der Waals surface area contributed by atoms with Crippen molar-refractivity contribution in [1.29, 1.82) is 0 Å². The van der Waals surface area contributed by atoms with Crippen molar-refractivity contribution in [3.05, 3.63) is 18.6 Å². The van der Waals surface area contributed by atoms with Crippen molar-refractivity contribution in [2.24, 2.45) is 4.99 Å². The minimum Gasteiger partial charge on any atom is -0.259 e. The average Bonchev–Trinajstić information content (AvgIpc) is 2.34. The highest BCUT2D eigenvalue weighted by atomic mass is 32.1. The maximum absolute atomic E-state index is 4.10. The molecule has 0 bridgehead atoms. The van der Waals surface area contributed by atoms with Crippen LogP contribution in [0.1, 0.15) is 12.6 Å². The van der Waals surface area contributed by atoms with E-state index >= 15 is 0 Å². The van der Waals surface area contributed by atoms with Gasteiger partial charge in [-0.1, -0.05) is 19.4 Å². The second-order valence-corrected chi connectivity index (χ2v) is 2.32. The quantitative estimate of drug-likeness (QED) is 0.529. The van der Waals surface area contributed by atoms with E-state index in [4.69, 9.17) is 0 Å². The van der Waals surface area contributed by atoms with Gasteiger partial charge in [0.25, 0.3) is 0 Å². The van der Waals surface area contributed by atoms with Crippen molar-refractivity contribution in [3.8, 4) is 0 Å². The number of rotatable bonds is 2. The molecular formula is C7H9N3S. The van der Waals surface area contributed by atoms with Gasteiger partial charge in [-0.25, -0.2) is 9.98 Å². The van der Waals surface area contributed by atoms with Crippen LogP contribution in [0.15, 0.2) is 17.9 Å². The number of aliphatic imine (C=N–C) groups is 1. The second kappa shape index (κ2) is 3.39. The summed E-state index contributed by atoms with van der Waals surface area (Å²) in [4.78, 5) is 8.07. The Hall–Kier alpha value is -1.03. The molecule has 0 unspecified atom stereocenters. The Morgan fingerprint density at radius 3 is 3.09 bits per heavy atom. The Morgan fingerprint density at radius 2 is 2.55 bits per heavy atom. The molecule has 1 aromatic heterocycles. The van der Waals surface area contributed by atoms with Gasteiger partial charge in [0, 0.05) is 6.21 Å². The number of hydrogen-bond acceptors (Lipinski definition) is 3. The largest absolute Gasteiger partial charge is 0.259 e. The Bertz CT molecular complexity index is 288. The van der Waals surface area contributed by atoms with Gasteiger partial charge in [-0.3, -0.25) is 3.97 Å². The van der Waals surface area contributed by atoms with Gasteiger partial charge in [-0.05, 0) is 13.0 Å². The smallest absolute Gasteiger partial charge is 0.169 e. The molecule has 0 amide bonds. The molecular weight excluding hydrogens is 158 g/mol. The molecule has 0 atom stereocenters. The van der Waals surface area contributed by atoms with Gasteiger partial charge in [0.2, 0.25) is 0 Å². The molecule has 58 valence electrons. The van der Waals surface area contributed by atoms with Crippen molar-refractivity contribution in [2.45, 2.75) is 6.92 Å². The zero-order chi connectivity index (χ0) is 8.27. The summed E-state index contributed by atoms with van der Waals surface area (Å²) in [5.74, 6) is 0.714. The van der Waals surface area contributed by atoms with Crippen molar-refractivity contribution in [3.63, 3.8) is 0 Å². The third-order valence-electron chi connectivity index (χ3n) is 1.20. The monoisotopic (exact) mass is 167 g/mol. The molecule has 0 saturated carbocycles. The van der Waals surface area contributed by atoms with Gasteiger partial charge < -0.3 is 0 Å². The van der Waals surface area contributed by atoms with Crippen LogP contribution in [0.4, 0.5) is 5.82 Å². The highest BCUT2D eigenvalue weighted by molar-refractivity contribution is 7.78. The summed E-state index contributed by atoms with van der Waals surface area (Å²) in [5.41, 5.74) is 0.748. The van der Waals surface area contributed by atoms with E-state index in [2.05, 4.69) is 29.4 Å². The lowest BCUT2D eigenvalue weighted by atomic mass is 10.4. The number of imidazole rings is 1. The van der Waals surface area contributed by atoms with Gasteiger partial charge >= 0.3 is 0 Å².